The van der Waals surface area contributed by atoms with Crippen LogP contribution in [0, 0.1) is 0 Å². The summed E-state index contributed by atoms with van der Waals surface area (Å²) in [5, 5.41) is 12.3. The number of hydrogen-bond donors (Lipinski definition) is 2. The van der Waals surface area contributed by atoms with Crippen molar-refractivity contribution < 1.29 is 9.90 Å². The van der Waals surface area contributed by atoms with Crippen molar-refractivity contribution in [1.29, 1.82) is 0 Å². The third-order valence-corrected chi connectivity index (χ3v) is 4.81. The Morgan fingerprint density at radius 2 is 2.08 bits per heavy atom. The normalized spacial score (nSPS) is 37.0. The number of aliphatic carboxylic acids is 1. The van der Waals surface area contributed by atoms with Crippen LogP contribution in [0.5, 0.6) is 0 Å². The number of nitrogens with one attached hydrogen (secondary N) is 1. The molecule has 74 valence electrons. The molecule has 1 atom stereocenters. The molecule has 0 bridgehead atoms. The molecule has 1 saturated carbocycles. The summed E-state index contributed by atoms with van der Waals surface area (Å²) in [7, 11) is 0. The van der Waals surface area contributed by atoms with Crippen molar-refractivity contribution in [3.8, 4) is 0 Å². The Morgan fingerprint density at radius 3 is 2.54 bits per heavy atom. The van der Waals surface area contributed by atoms with E-state index in [4.69, 9.17) is 5.11 Å². The summed E-state index contributed by atoms with van der Waals surface area (Å²) in [6, 6.07) is 0. The van der Waals surface area contributed by atoms with Gasteiger partial charge in [0.15, 0.2) is 0 Å². The topological polar surface area (TPSA) is 49.3 Å². The van der Waals surface area contributed by atoms with Crippen molar-refractivity contribution in [2.45, 2.75) is 43.0 Å². The van der Waals surface area contributed by atoms with Gasteiger partial charge in [-0.05, 0) is 19.8 Å². The molecule has 0 aromatic heterocycles. The van der Waals surface area contributed by atoms with Crippen LogP contribution in [0.4, 0.5) is 0 Å². The molecule has 13 heavy (non-hydrogen) atoms. The Bertz CT molecular complexity index is 238. The SMILES string of the molecule is CC1(C(=O)O)CSC2(CCCC2)N1. The van der Waals surface area contributed by atoms with Gasteiger partial charge in [0.1, 0.15) is 5.54 Å². The van der Waals surface area contributed by atoms with E-state index in [0.29, 0.717) is 5.75 Å². The predicted octanol–water partition coefficient (Wildman–Crippen LogP) is 1.44. The summed E-state index contributed by atoms with van der Waals surface area (Å²) < 4.78 is 0. The van der Waals surface area contributed by atoms with Crippen LogP contribution in [0.2, 0.25) is 0 Å². The highest BCUT2D eigenvalue weighted by Crippen LogP contribution is 2.46. The fourth-order valence-corrected chi connectivity index (χ4v) is 3.82. The summed E-state index contributed by atoms with van der Waals surface area (Å²) in [6.07, 6.45) is 4.71. The first-order valence-corrected chi connectivity index (χ1v) is 5.72. The standard InChI is InChI=1S/C9H15NO2S/c1-8(7(11)12)6-13-9(10-8)4-2-3-5-9/h10H,2-6H2,1H3,(H,11,12). The maximum Gasteiger partial charge on any atom is 0.324 e. The van der Waals surface area contributed by atoms with Crippen molar-refractivity contribution in [3.05, 3.63) is 0 Å². The van der Waals surface area contributed by atoms with Gasteiger partial charge in [0.05, 0.1) is 4.87 Å². The lowest BCUT2D eigenvalue weighted by atomic mass is 10.0. The van der Waals surface area contributed by atoms with Crippen LogP contribution in [-0.2, 0) is 4.79 Å². The van der Waals surface area contributed by atoms with Gasteiger partial charge in [-0.15, -0.1) is 11.8 Å². The van der Waals surface area contributed by atoms with E-state index in [1.807, 2.05) is 0 Å². The average molecular weight is 201 g/mol. The van der Waals surface area contributed by atoms with Crippen LogP contribution in [0.1, 0.15) is 32.6 Å². The minimum atomic E-state index is -0.719. The number of carboxylic acid groups (broad SMARTS) is 1. The lowest BCUT2D eigenvalue weighted by molar-refractivity contribution is -0.143. The first-order chi connectivity index (χ1) is 6.06. The van der Waals surface area contributed by atoms with Gasteiger partial charge in [0, 0.05) is 5.75 Å². The van der Waals surface area contributed by atoms with Gasteiger partial charge < -0.3 is 5.11 Å². The van der Waals surface area contributed by atoms with Gasteiger partial charge in [-0.1, -0.05) is 12.8 Å². The van der Waals surface area contributed by atoms with Crippen molar-refractivity contribution in [2.75, 3.05) is 5.75 Å². The van der Waals surface area contributed by atoms with E-state index in [2.05, 4.69) is 5.32 Å². The second-order valence-electron chi connectivity index (χ2n) is 4.25. The van der Waals surface area contributed by atoms with Gasteiger partial charge in [-0.25, -0.2) is 0 Å². The van der Waals surface area contributed by atoms with Crippen LogP contribution >= 0.6 is 11.8 Å². The minimum Gasteiger partial charge on any atom is -0.480 e. The largest absolute Gasteiger partial charge is 0.480 e. The van der Waals surface area contributed by atoms with Crippen molar-refractivity contribution in [3.63, 3.8) is 0 Å². The van der Waals surface area contributed by atoms with Crippen LogP contribution in [0.15, 0.2) is 0 Å². The predicted molar refractivity (Wildman–Crippen MR) is 52.8 cm³/mol. The van der Waals surface area contributed by atoms with Crippen molar-refractivity contribution in [1.82, 2.24) is 5.32 Å². The molecule has 0 amide bonds. The van der Waals surface area contributed by atoms with Crippen LogP contribution in [0.25, 0.3) is 0 Å². The Balaban J connectivity index is 2.12. The van der Waals surface area contributed by atoms with E-state index >= 15 is 0 Å². The van der Waals surface area contributed by atoms with Crippen LogP contribution in [0.3, 0.4) is 0 Å². The molecule has 2 aliphatic rings. The molecule has 2 N–H and O–H groups in total. The van der Waals surface area contributed by atoms with Gasteiger partial charge in [0.2, 0.25) is 0 Å². The summed E-state index contributed by atoms with van der Waals surface area (Å²) in [6.45, 7) is 1.79. The highest BCUT2D eigenvalue weighted by Gasteiger charge is 2.50. The van der Waals surface area contributed by atoms with Gasteiger partial charge in [-0.2, -0.15) is 0 Å². The van der Waals surface area contributed by atoms with Crippen LogP contribution < -0.4 is 5.32 Å². The third kappa shape index (κ3) is 1.46. The van der Waals surface area contributed by atoms with E-state index in [-0.39, 0.29) is 4.87 Å². The highest BCUT2D eigenvalue weighted by molar-refractivity contribution is 8.01. The van der Waals surface area contributed by atoms with Gasteiger partial charge >= 0.3 is 5.97 Å². The summed E-state index contributed by atoms with van der Waals surface area (Å²) >= 11 is 1.80. The third-order valence-electron chi connectivity index (χ3n) is 3.02. The smallest absolute Gasteiger partial charge is 0.324 e. The molecule has 2 fully saturated rings. The lowest BCUT2D eigenvalue weighted by Crippen LogP contribution is -2.53. The first-order valence-electron chi connectivity index (χ1n) is 4.73. The zero-order valence-electron chi connectivity index (χ0n) is 7.80. The second-order valence-corrected chi connectivity index (χ2v) is 5.61. The molecule has 4 heteroatoms. The molecular formula is C9H15NO2S. The first kappa shape index (κ1) is 9.34. The number of hydrogen-bond acceptors (Lipinski definition) is 3. The van der Waals surface area contributed by atoms with E-state index in [9.17, 15) is 4.79 Å². The Labute approximate surface area is 82.3 Å². The molecule has 1 heterocycles. The summed E-state index contributed by atoms with van der Waals surface area (Å²) in [5.41, 5.74) is -0.699. The summed E-state index contributed by atoms with van der Waals surface area (Å²) in [4.78, 5) is 11.1. The average Bonchev–Trinajstić information content (AvgIpc) is 2.62. The maximum atomic E-state index is 11.0. The number of carboxylic acids is 1. The zero-order chi connectivity index (χ0) is 9.53. The van der Waals surface area contributed by atoms with Crippen molar-refractivity contribution in [2.24, 2.45) is 0 Å². The molecule has 0 radical (unpaired) electrons. The van der Waals surface area contributed by atoms with E-state index in [1.165, 1.54) is 12.8 Å². The van der Waals surface area contributed by atoms with Crippen molar-refractivity contribution >= 4 is 17.7 Å². The summed E-state index contributed by atoms with van der Waals surface area (Å²) in [5.74, 6) is -0.0220. The highest BCUT2D eigenvalue weighted by atomic mass is 32.2. The Hall–Kier alpha value is -0.220. The minimum absolute atomic E-state index is 0.0904. The molecule has 1 saturated heterocycles. The molecule has 1 spiro atoms. The molecular weight excluding hydrogens is 186 g/mol. The Kier molecular flexibility index (Phi) is 2.07. The number of thioether (sulfide) groups is 1. The fraction of sp³-hybridized carbons (Fsp3) is 0.889. The molecule has 3 nitrogen and oxygen atoms in total. The molecule has 2 rings (SSSR count). The van der Waals surface area contributed by atoms with Gasteiger partial charge in [0.25, 0.3) is 0 Å². The van der Waals surface area contributed by atoms with E-state index in [1.54, 1.807) is 18.7 Å². The maximum absolute atomic E-state index is 11.0. The Morgan fingerprint density at radius 1 is 1.46 bits per heavy atom. The van der Waals surface area contributed by atoms with Crippen LogP contribution in [-0.4, -0.2) is 27.2 Å². The molecule has 1 unspecified atom stereocenters. The monoisotopic (exact) mass is 201 g/mol. The molecule has 0 aromatic rings. The molecule has 1 aliphatic carbocycles. The fourth-order valence-electron chi connectivity index (χ4n) is 2.19. The van der Waals surface area contributed by atoms with E-state index < -0.39 is 11.5 Å². The molecule has 1 aliphatic heterocycles. The zero-order valence-corrected chi connectivity index (χ0v) is 8.62. The second kappa shape index (κ2) is 2.89. The quantitative estimate of drug-likeness (QED) is 0.674. The van der Waals surface area contributed by atoms with E-state index in [0.717, 1.165) is 12.8 Å². The number of rotatable bonds is 1. The van der Waals surface area contributed by atoms with Gasteiger partial charge in [-0.3, -0.25) is 10.1 Å². The lowest BCUT2D eigenvalue weighted by Gasteiger charge is -2.26. The number of carbonyl (C=O) groups is 1. The molecule has 0 aromatic carbocycles.